The van der Waals surface area contributed by atoms with Crippen molar-refractivity contribution in [3.63, 3.8) is 0 Å². The second kappa shape index (κ2) is 15.8. The van der Waals surface area contributed by atoms with E-state index in [9.17, 15) is 0 Å². The maximum atomic E-state index is 2.42. The third kappa shape index (κ3) is 15.7. The molecule has 0 rings (SSSR count). The lowest BCUT2D eigenvalue weighted by atomic mass is 10.0. The Morgan fingerprint density at radius 3 is 1.89 bits per heavy atom. The molecule has 0 aromatic carbocycles. The van der Waals surface area contributed by atoms with Crippen LogP contribution in [0.25, 0.3) is 0 Å². The lowest BCUT2D eigenvalue weighted by molar-refractivity contribution is 0.511. The van der Waals surface area contributed by atoms with Crippen molar-refractivity contribution in [3.05, 3.63) is 12.2 Å². The minimum Gasteiger partial charge on any atom is -0.0885 e. The van der Waals surface area contributed by atoms with Gasteiger partial charge in [-0.3, -0.25) is 0 Å². The number of allylic oxidation sites excluding steroid dienone is 2. The number of hydrogen-bond donors (Lipinski definition) is 0. The standard InChI is InChI=1S/C19H38/c1-4-6-8-9-10-11-12-13-14-15-16-18-19(3)17-7-5-2/h15-16,19H,4-14,17-18H2,1-3H3. The summed E-state index contributed by atoms with van der Waals surface area (Å²) in [7, 11) is 0. The predicted molar refractivity (Wildman–Crippen MR) is 89.7 cm³/mol. The van der Waals surface area contributed by atoms with E-state index in [1.807, 2.05) is 0 Å². The van der Waals surface area contributed by atoms with E-state index in [0.717, 1.165) is 5.92 Å². The van der Waals surface area contributed by atoms with Gasteiger partial charge in [-0.2, -0.15) is 0 Å². The van der Waals surface area contributed by atoms with Crippen molar-refractivity contribution in [3.8, 4) is 0 Å². The zero-order valence-electron chi connectivity index (χ0n) is 13.9. The molecular weight excluding hydrogens is 228 g/mol. The molecule has 0 amide bonds. The van der Waals surface area contributed by atoms with E-state index in [-0.39, 0.29) is 0 Å². The van der Waals surface area contributed by atoms with Crippen molar-refractivity contribution >= 4 is 0 Å². The number of rotatable bonds is 14. The van der Waals surface area contributed by atoms with Crippen LogP contribution in [-0.4, -0.2) is 0 Å². The monoisotopic (exact) mass is 266 g/mol. The van der Waals surface area contributed by atoms with Crippen molar-refractivity contribution in [1.82, 2.24) is 0 Å². The van der Waals surface area contributed by atoms with E-state index in [0.29, 0.717) is 0 Å². The molecule has 0 fully saturated rings. The normalized spacial score (nSPS) is 13.2. The molecular formula is C19H38. The van der Waals surface area contributed by atoms with Crippen molar-refractivity contribution in [1.29, 1.82) is 0 Å². The molecule has 0 radical (unpaired) electrons. The largest absolute Gasteiger partial charge is 0.0885 e. The van der Waals surface area contributed by atoms with Crippen LogP contribution in [0, 0.1) is 5.92 Å². The fraction of sp³-hybridized carbons (Fsp3) is 0.895. The van der Waals surface area contributed by atoms with Gasteiger partial charge in [-0.05, 0) is 25.2 Å². The maximum Gasteiger partial charge on any atom is -0.0325 e. The molecule has 0 saturated heterocycles. The van der Waals surface area contributed by atoms with Gasteiger partial charge in [0.25, 0.3) is 0 Å². The Bertz CT molecular complexity index is 180. The Balaban J connectivity index is 3.16. The van der Waals surface area contributed by atoms with E-state index in [2.05, 4.69) is 32.9 Å². The van der Waals surface area contributed by atoms with Gasteiger partial charge in [-0.15, -0.1) is 0 Å². The molecule has 0 nitrogen and oxygen atoms in total. The zero-order valence-corrected chi connectivity index (χ0v) is 13.9. The molecule has 0 aliphatic heterocycles. The van der Waals surface area contributed by atoms with Crippen LogP contribution in [0.15, 0.2) is 12.2 Å². The van der Waals surface area contributed by atoms with Gasteiger partial charge in [0.1, 0.15) is 0 Å². The van der Waals surface area contributed by atoms with Crippen molar-refractivity contribution in [2.75, 3.05) is 0 Å². The van der Waals surface area contributed by atoms with Crippen LogP contribution in [-0.2, 0) is 0 Å². The quantitative estimate of drug-likeness (QED) is 0.229. The molecule has 0 spiro atoms. The van der Waals surface area contributed by atoms with Gasteiger partial charge in [-0.25, -0.2) is 0 Å². The molecule has 0 saturated carbocycles. The average molecular weight is 267 g/mol. The van der Waals surface area contributed by atoms with E-state index < -0.39 is 0 Å². The van der Waals surface area contributed by atoms with Crippen LogP contribution in [0.2, 0.25) is 0 Å². The average Bonchev–Trinajstić information content (AvgIpc) is 2.42. The highest BCUT2D eigenvalue weighted by atomic mass is 14.0. The van der Waals surface area contributed by atoms with E-state index in [1.54, 1.807) is 0 Å². The lowest BCUT2D eigenvalue weighted by Crippen LogP contribution is -1.91. The first-order chi connectivity index (χ1) is 9.31. The zero-order chi connectivity index (χ0) is 14.2. The maximum absolute atomic E-state index is 2.42. The van der Waals surface area contributed by atoms with E-state index in [4.69, 9.17) is 0 Å². The fourth-order valence-electron chi connectivity index (χ4n) is 2.51. The number of hydrogen-bond acceptors (Lipinski definition) is 0. The Hall–Kier alpha value is -0.260. The second-order valence-electron chi connectivity index (χ2n) is 6.22. The second-order valence-corrected chi connectivity index (χ2v) is 6.22. The van der Waals surface area contributed by atoms with Crippen LogP contribution in [0.4, 0.5) is 0 Å². The molecule has 0 N–H and O–H groups in total. The van der Waals surface area contributed by atoms with Crippen LogP contribution in [0.5, 0.6) is 0 Å². The summed E-state index contributed by atoms with van der Waals surface area (Å²) >= 11 is 0. The molecule has 0 aromatic heterocycles. The molecule has 114 valence electrons. The van der Waals surface area contributed by atoms with E-state index >= 15 is 0 Å². The van der Waals surface area contributed by atoms with Crippen LogP contribution >= 0.6 is 0 Å². The SMILES string of the molecule is CCCCCCCCCCC=CCC(C)CCCC. The van der Waals surface area contributed by atoms with Crippen molar-refractivity contribution in [2.45, 2.75) is 104 Å². The highest BCUT2D eigenvalue weighted by molar-refractivity contribution is 4.83. The Morgan fingerprint density at radius 2 is 1.26 bits per heavy atom. The lowest BCUT2D eigenvalue weighted by Gasteiger charge is -2.06. The van der Waals surface area contributed by atoms with Crippen LogP contribution in [0.1, 0.15) is 104 Å². The molecule has 0 aliphatic rings. The molecule has 1 unspecified atom stereocenters. The van der Waals surface area contributed by atoms with Gasteiger partial charge in [0.05, 0.1) is 0 Å². The summed E-state index contributed by atoms with van der Waals surface area (Å²) in [6, 6.07) is 0. The summed E-state index contributed by atoms with van der Waals surface area (Å²) < 4.78 is 0. The van der Waals surface area contributed by atoms with Crippen molar-refractivity contribution in [2.24, 2.45) is 5.92 Å². The highest BCUT2D eigenvalue weighted by Crippen LogP contribution is 2.13. The van der Waals surface area contributed by atoms with Gasteiger partial charge in [0, 0.05) is 0 Å². The molecule has 19 heavy (non-hydrogen) atoms. The van der Waals surface area contributed by atoms with Gasteiger partial charge in [0.15, 0.2) is 0 Å². The molecule has 0 heteroatoms. The predicted octanol–water partition coefficient (Wildman–Crippen LogP) is 7.29. The van der Waals surface area contributed by atoms with Crippen molar-refractivity contribution < 1.29 is 0 Å². The van der Waals surface area contributed by atoms with E-state index in [1.165, 1.54) is 83.5 Å². The summed E-state index contributed by atoms with van der Waals surface area (Å²) in [4.78, 5) is 0. The summed E-state index contributed by atoms with van der Waals surface area (Å²) in [5.74, 6) is 0.884. The molecule has 0 bridgehead atoms. The summed E-state index contributed by atoms with van der Waals surface area (Å²) in [6.07, 6.45) is 23.0. The molecule has 0 heterocycles. The summed E-state index contributed by atoms with van der Waals surface area (Å²) in [5, 5.41) is 0. The third-order valence-electron chi connectivity index (χ3n) is 3.98. The Labute approximate surface area is 123 Å². The third-order valence-corrected chi connectivity index (χ3v) is 3.98. The van der Waals surface area contributed by atoms with Gasteiger partial charge in [-0.1, -0.05) is 97.1 Å². The Kier molecular flexibility index (Phi) is 15.6. The molecule has 0 aromatic rings. The Morgan fingerprint density at radius 1 is 0.684 bits per heavy atom. The van der Waals surface area contributed by atoms with Gasteiger partial charge < -0.3 is 0 Å². The highest BCUT2D eigenvalue weighted by Gasteiger charge is 1.97. The topological polar surface area (TPSA) is 0 Å². The first-order valence-corrected chi connectivity index (χ1v) is 8.96. The first kappa shape index (κ1) is 18.7. The van der Waals surface area contributed by atoms with Gasteiger partial charge in [0.2, 0.25) is 0 Å². The molecule has 0 aliphatic carbocycles. The minimum absolute atomic E-state index is 0.884. The van der Waals surface area contributed by atoms with Crippen LogP contribution in [0.3, 0.4) is 0 Å². The smallest absolute Gasteiger partial charge is 0.0325 e. The van der Waals surface area contributed by atoms with Gasteiger partial charge >= 0.3 is 0 Å². The summed E-state index contributed by atoms with van der Waals surface area (Å²) in [5.41, 5.74) is 0. The first-order valence-electron chi connectivity index (χ1n) is 8.96. The fourth-order valence-corrected chi connectivity index (χ4v) is 2.51. The number of unbranched alkanes of at least 4 members (excludes halogenated alkanes) is 9. The minimum atomic E-state index is 0.884. The van der Waals surface area contributed by atoms with Crippen LogP contribution < -0.4 is 0 Å². The molecule has 1 atom stereocenters. The summed E-state index contributed by atoms with van der Waals surface area (Å²) in [6.45, 7) is 6.95.